The van der Waals surface area contributed by atoms with E-state index in [2.05, 4.69) is 15.7 Å². The Hall–Kier alpha value is -4.82. The maximum Gasteiger partial charge on any atom is 0.377 e. The van der Waals surface area contributed by atoms with E-state index in [1.165, 1.54) is 11.0 Å². The molecular formula is C28H32F2N8O5. The Morgan fingerprint density at radius 2 is 1.67 bits per heavy atom. The van der Waals surface area contributed by atoms with Crippen LogP contribution in [0.4, 0.5) is 29.7 Å². The van der Waals surface area contributed by atoms with Crippen LogP contribution in [0.5, 0.6) is 0 Å². The molecule has 15 heteroatoms. The molecule has 1 aliphatic carbocycles. The molecule has 0 atom stereocenters. The van der Waals surface area contributed by atoms with E-state index in [4.69, 9.17) is 0 Å². The van der Waals surface area contributed by atoms with Gasteiger partial charge in [-0.05, 0) is 60.5 Å². The number of carbonyl (C=O) groups is 3. The molecule has 0 unspecified atom stereocenters. The Balaban J connectivity index is 1.49. The highest BCUT2D eigenvalue weighted by Crippen LogP contribution is 2.32. The number of benzene rings is 2. The van der Waals surface area contributed by atoms with Gasteiger partial charge in [-0.2, -0.15) is 4.68 Å². The minimum atomic E-state index is -1.21. The van der Waals surface area contributed by atoms with Crippen LogP contribution in [0.2, 0.25) is 0 Å². The number of urea groups is 1. The molecule has 0 spiro atoms. The maximum atomic E-state index is 14.4. The van der Waals surface area contributed by atoms with Gasteiger partial charge in [0.2, 0.25) is 0 Å². The van der Waals surface area contributed by atoms with E-state index in [1.54, 1.807) is 17.0 Å². The molecule has 13 nitrogen and oxygen atoms in total. The van der Waals surface area contributed by atoms with E-state index < -0.39 is 35.0 Å². The minimum Gasteiger partial charge on any atom is -0.478 e. The van der Waals surface area contributed by atoms with E-state index in [9.17, 15) is 33.1 Å². The first-order valence-electron chi connectivity index (χ1n) is 14.2. The fourth-order valence-corrected chi connectivity index (χ4v) is 5.65. The number of rotatable bonds is 6. The van der Waals surface area contributed by atoms with Gasteiger partial charge in [0.15, 0.2) is 11.6 Å². The summed E-state index contributed by atoms with van der Waals surface area (Å²) in [5, 5.41) is 20.1. The molecule has 3 amide bonds. The van der Waals surface area contributed by atoms with Crippen LogP contribution in [0.3, 0.4) is 0 Å². The second kappa shape index (κ2) is 12.6. The number of hydrogen-bond donors (Lipinski definition) is 2. The minimum absolute atomic E-state index is 0.0537. The van der Waals surface area contributed by atoms with E-state index in [1.807, 2.05) is 11.8 Å². The first-order chi connectivity index (χ1) is 20.7. The van der Waals surface area contributed by atoms with Crippen molar-refractivity contribution in [3.63, 3.8) is 0 Å². The highest BCUT2D eigenvalue weighted by molar-refractivity contribution is 5.99. The van der Waals surface area contributed by atoms with E-state index in [0.29, 0.717) is 60.6 Å². The number of halogens is 2. The molecule has 3 aromatic rings. The summed E-state index contributed by atoms with van der Waals surface area (Å²) >= 11 is 0. The fourth-order valence-electron chi connectivity index (χ4n) is 5.65. The SMILES string of the molecule is CCNC(=O)N1CCN(c2ccc(N(C(=O)n3nnn(-c4c(F)cccc4F)c3=O)C3CCCCC3)cc2C(=O)O)CC1. The molecule has 1 saturated heterocycles. The smallest absolute Gasteiger partial charge is 0.377 e. The van der Waals surface area contributed by atoms with Gasteiger partial charge in [0, 0.05) is 44.5 Å². The summed E-state index contributed by atoms with van der Waals surface area (Å²) in [4.78, 5) is 56.5. The highest BCUT2D eigenvalue weighted by Gasteiger charge is 2.33. The Bertz CT molecular complexity index is 1560. The highest BCUT2D eigenvalue weighted by atomic mass is 19.1. The summed E-state index contributed by atoms with van der Waals surface area (Å²) in [5.41, 5.74) is -1.32. The molecule has 43 heavy (non-hydrogen) atoms. The lowest BCUT2D eigenvalue weighted by molar-refractivity contribution is 0.0697. The van der Waals surface area contributed by atoms with Crippen LogP contribution in [-0.4, -0.2) is 86.6 Å². The number of carbonyl (C=O) groups excluding carboxylic acids is 2. The van der Waals surface area contributed by atoms with Crippen molar-refractivity contribution in [1.82, 2.24) is 30.0 Å². The van der Waals surface area contributed by atoms with Gasteiger partial charge >= 0.3 is 23.7 Å². The van der Waals surface area contributed by atoms with Gasteiger partial charge in [0.05, 0.1) is 11.3 Å². The number of carboxylic acid groups (broad SMARTS) is 1. The predicted molar refractivity (Wildman–Crippen MR) is 152 cm³/mol. The van der Waals surface area contributed by atoms with Gasteiger partial charge < -0.3 is 20.2 Å². The van der Waals surface area contributed by atoms with Gasteiger partial charge in [0.1, 0.15) is 5.69 Å². The number of tetrazole rings is 1. The van der Waals surface area contributed by atoms with E-state index in [0.717, 1.165) is 37.5 Å². The van der Waals surface area contributed by atoms with Gasteiger partial charge in [0.25, 0.3) is 0 Å². The van der Waals surface area contributed by atoms with E-state index in [-0.39, 0.29) is 23.3 Å². The first-order valence-corrected chi connectivity index (χ1v) is 14.2. The molecule has 0 radical (unpaired) electrons. The molecule has 228 valence electrons. The number of aromatic nitrogens is 4. The number of para-hydroxylation sites is 1. The van der Waals surface area contributed by atoms with Crippen molar-refractivity contribution < 1.29 is 28.3 Å². The molecule has 0 bridgehead atoms. The maximum absolute atomic E-state index is 14.4. The third kappa shape index (κ3) is 5.92. The number of amides is 3. The molecule has 2 aliphatic rings. The number of anilines is 2. The lowest BCUT2D eigenvalue weighted by atomic mass is 9.93. The van der Waals surface area contributed by atoms with Crippen LogP contribution >= 0.6 is 0 Å². The summed E-state index contributed by atoms with van der Waals surface area (Å²) in [7, 11) is 0. The van der Waals surface area contributed by atoms with Gasteiger partial charge in [-0.3, -0.25) is 4.90 Å². The van der Waals surface area contributed by atoms with Crippen molar-refractivity contribution in [3.05, 3.63) is 64.1 Å². The Morgan fingerprint density at radius 3 is 2.30 bits per heavy atom. The summed E-state index contributed by atoms with van der Waals surface area (Å²) in [6.07, 6.45) is 3.79. The van der Waals surface area contributed by atoms with E-state index >= 15 is 0 Å². The summed E-state index contributed by atoms with van der Waals surface area (Å²) in [5.74, 6) is -3.32. The summed E-state index contributed by atoms with van der Waals surface area (Å²) in [6, 6.07) is 6.16. The fraction of sp³-hybridized carbons (Fsp3) is 0.429. The van der Waals surface area contributed by atoms with Crippen molar-refractivity contribution in [3.8, 4) is 5.69 Å². The lowest BCUT2D eigenvalue weighted by Gasteiger charge is -2.37. The topological polar surface area (TPSA) is 146 Å². The first kappa shape index (κ1) is 29.7. The number of aromatic carboxylic acids is 1. The monoisotopic (exact) mass is 598 g/mol. The molecule has 2 fully saturated rings. The van der Waals surface area contributed by atoms with Crippen LogP contribution in [-0.2, 0) is 0 Å². The van der Waals surface area contributed by atoms with Crippen LogP contribution < -0.4 is 20.8 Å². The Labute approximate surface area is 245 Å². The Kier molecular flexibility index (Phi) is 8.68. The molecule has 1 aliphatic heterocycles. The molecule has 1 saturated carbocycles. The molecule has 2 N–H and O–H groups in total. The van der Waals surface area contributed by atoms with Gasteiger partial charge in [-0.15, -0.1) is 4.68 Å². The van der Waals surface area contributed by atoms with Crippen molar-refractivity contribution in [2.75, 3.05) is 42.5 Å². The number of hydrogen-bond acceptors (Lipinski definition) is 7. The Morgan fingerprint density at radius 1 is 1.00 bits per heavy atom. The third-order valence-corrected chi connectivity index (χ3v) is 7.78. The van der Waals surface area contributed by atoms with Crippen LogP contribution in [0.25, 0.3) is 5.69 Å². The van der Waals surface area contributed by atoms with Crippen LogP contribution in [0.1, 0.15) is 49.4 Å². The van der Waals surface area contributed by atoms with Crippen molar-refractivity contribution >= 4 is 29.4 Å². The van der Waals surface area contributed by atoms with Crippen molar-refractivity contribution in [1.29, 1.82) is 0 Å². The zero-order valence-electron chi connectivity index (χ0n) is 23.6. The average molecular weight is 599 g/mol. The van der Waals surface area contributed by atoms with Gasteiger partial charge in [-0.1, -0.05) is 25.3 Å². The lowest BCUT2D eigenvalue weighted by Crippen LogP contribution is -2.52. The third-order valence-electron chi connectivity index (χ3n) is 7.78. The quantitative estimate of drug-likeness (QED) is 0.412. The zero-order valence-corrected chi connectivity index (χ0v) is 23.6. The number of nitrogens with zero attached hydrogens (tertiary/aromatic N) is 7. The number of nitrogens with one attached hydrogen (secondary N) is 1. The molecule has 1 aromatic heterocycles. The molecule has 2 aromatic carbocycles. The number of carboxylic acids is 1. The van der Waals surface area contributed by atoms with Crippen LogP contribution in [0, 0.1) is 11.6 Å². The average Bonchev–Trinajstić information content (AvgIpc) is 3.38. The second-order valence-corrected chi connectivity index (χ2v) is 10.4. The second-order valence-electron chi connectivity index (χ2n) is 10.4. The van der Waals surface area contributed by atoms with Crippen LogP contribution in [0.15, 0.2) is 41.2 Å². The molecule has 2 heterocycles. The predicted octanol–water partition coefficient (Wildman–Crippen LogP) is 3.06. The summed E-state index contributed by atoms with van der Waals surface area (Å²) < 4.78 is 29.6. The number of piperazine rings is 1. The van der Waals surface area contributed by atoms with Crippen molar-refractivity contribution in [2.45, 2.75) is 45.1 Å². The largest absolute Gasteiger partial charge is 0.478 e. The normalized spacial score (nSPS) is 15.8. The molecular weight excluding hydrogens is 566 g/mol. The summed E-state index contributed by atoms with van der Waals surface area (Å²) in [6.45, 7) is 3.96. The van der Waals surface area contributed by atoms with Gasteiger partial charge in [-0.25, -0.2) is 28.0 Å². The van der Waals surface area contributed by atoms with Crippen molar-refractivity contribution in [2.24, 2.45) is 0 Å². The standard InChI is InChI=1S/C28H32F2N8O5/c1-2-31-26(41)35-15-13-34(14-16-35)23-12-11-19(17-20(23)25(39)40)36(18-7-4-3-5-8-18)27(42)38-28(43)37(32-33-38)24-21(29)9-6-10-22(24)30/h6,9-12,17-18H,2-5,7-8,13-16H2,1H3,(H,31,41)(H,39,40). The molecule has 5 rings (SSSR count). The zero-order chi connectivity index (χ0) is 30.7.